The number of aromatic nitrogens is 2. The third kappa shape index (κ3) is 3.99. The zero-order chi connectivity index (χ0) is 17.9. The molecule has 1 aliphatic heterocycles. The molecule has 1 aromatic carbocycles. The van der Waals surface area contributed by atoms with Gasteiger partial charge in [-0.3, -0.25) is 4.79 Å². The van der Waals surface area contributed by atoms with Gasteiger partial charge in [-0.25, -0.2) is 0 Å². The van der Waals surface area contributed by atoms with Gasteiger partial charge in [0, 0.05) is 31.5 Å². The van der Waals surface area contributed by atoms with Crippen LogP contribution in [0.3, 0.4) is 0 Å². The Morgan fingerprint density at radius 3 is 2.80 bits per heavy atom. The molecular formula is C18H24N4O3. The molecule has 1 saturated heterocycles. The molecular weight excluding hydrogens is 320 g/mol. The number of rotatable bonds is 6. The molecule has 1 atom stereocenters. The smallest absolute Gasteiger partial charge is 0.227 e. The number of nitrogens with two attached hydrogens (primary N) is 1. The second kappa shape index (κ2) is 7.23. The topological polar surface area (TPSA) is 94.5 Å². The van der Waals surface area contributed by atoms with E-state index in [1.807, 2.05) is 29.2 Å². The lowest BCUT2D eigenvalue weighted by molar-refractivity contribution is -0.130. The van der Waals surface area contributed by atoms with Gasteiger partial charge in [0.1, 0.15) is 5.75 Å². The molecule has 25 heavy (non-hydrogen) atoms. The van der Waals surface area contributed by atoms with E-state index in [4.69, 9.17) is 15.0 Å². The van der Waals surface area contributed by atoms with Crippen molar-refractivity contribution in [3.63, 3.8) is 0 Å². The largest absolute Gasteiger partial charge is 0.497 e. The second-order valence-corrected chi connectivity index (χ2v) is 6.82. The van der Waals surface area contributed by atoms with E-state index in [2.05, 4.69) is 17.1 Å². The average molecular weight is 344 g/mol. The summed E-state index contributed by atoms with van der Waals surface area (Å²) in [6, 6.07) is 7.43. The van der Waals surface area contributed by atoms with Crippen molar-refractivity contribution in [2.24, 2.45) is 11.1 Å². The predicted octanol–water partition coefficient (Wildman–Crippen LogP) is 1.88. The van der Waals surface area contributed by atoms with Gasteiger partial charge in [0.2, 0.25) is 17.6 Å². The van der Waals surface area contributed by atoms with Crippen molar-refractivity contribution in [2.75, 3.05) is 26.7 Å². The molecule has 3 rings (SSSR count). The Bertz CT molecular complexity index is 728. The Labute approximate surface area is 147 Å². The zero-order valence-electron chi connectivity index (χ0n) is 14.7. The van der Waals surface area contributed by atoms with Gasteiger partial charge in [0.05, 0.1) is 7.11 Å². The molecule has 0 spiro atoms. The molecule has 2 N–H and O–H groups in total. The number of ether oxygens (including phenoxy) is 1. The first-order valence-corrected chi connectivity index (χ1v) is 8.48. The van der Waals surface area contributed by atoms with Crippen molar-refractivity contribution in [2.45, 2.75) is 26.2 Å². The van der Waals surface area contributed by atoms with Crippen LogP contribution in [0.25, 0.3) is 11.4 Å². The molecule has 1 aromatic heterocycles. The van der Waals surface area contributed by atoms with E-state index in [0.29, 0.717) is 31.1 Å². The first-order valence-electron chi connectivity index (χ1n) is 8.48. The standard InChI is InChI=1S/C18H24N4O3/c1-18(11-19)9-10-22(12-18)16(23)8-7-15-20-17(21-25-15)13-3-5-14(24-2)6-4-13/h3-6H,7-12,19H2,1-2H3. The minimum atomic E-state index is 0.0433. The molecule has 0 saturated carbocycles. The number of benzene rings is 1. The summed E-state index contributed by atoms with van der Waals surface area (Å²) in [5, 5.41) is 3.99. The molecule has 1 amide bonds. The number of hydrogen-bond acceptors (Lipinski definition) is 6. The Hall–Kier alpha value is -2.41. The van der Waals surface area contributed by atoms with Crippen LogP contribution in [0.5, 0.6) is 5.75 Å². The van der Waals surface area contributed by atoms with Gasteiger partial charge in [-0.15, -0.1) is 0 Å². The molecule has 0 radical (unpaired) electrons. The summed E-state index contributed by atoms with van der Waals surface area (Å²) in [7, 11) is 1.62. The molecule has 2 aromatic rings. The molecule has 2 heterocycles. The highest BCUT2D eigenvalue weighted by atomic mass is 16.5. The number of amides is 1. The van der Waals surface area contributed by atoms with Crippen molar-refractivity contribution >= 4 is 5.91 Å². The molecule has 0 bridgehead atoms. The lowest BCUT2D eigenvalue weighted by atomic mass is 9.90. The third-order valence-corrected chi connectivity index (χ3v) is 4.77. The fourth-order valence-corrected chi connectivity index (χ4v) is 2.99. The van der Waals surface area contributed by atoms with Crippen LogP contribution in [0, 0.1) is 5.41 Å². The lowest BCUT2D eigenvalue weighted by Gasteiger charge is -2.22. The van der Waals surface area contributed by atoms with Crippen LogP contribution in [-0.2, 0) is 11.2 Å². The fraction of sp³-hybridized carbons (Fsp3) is 0.500. The lowest BCUT2D eigenvalue weighted by Crippen LogP contribution is -2.34. The normalized spacial score (nSPS) is 20.0. The first-order chi connectivity index (χ1) is 12.0. The van der Waals surface area contributed by atoms with Crippen LogP contribution < -0.4 is 10.5 Å². The highest BCUT2D eigenvalue weighted by Gasteiger charge is 2.34. The minimum Gasteiger partial charge on any atom is -0.497 e. The van der Waals surface area contributed by atoms with Crippen LogP contribution in [0.4, 0.5) is 0 Å². The van der Waals surface area contributed by atoms with Gasteiger partial charge >= 0.3 is 0 Å². The number of likely N-dealkylation sites (tertiary alicyclic amines) is 1. The first kappa shape index (κ1) is 17.4. The van der Waals surface area contributed by atoms with Gasteiger partial charge in [-0.2, -0.15) is 4.98 Å². The van der Waals surface area contributed by atoms with Crippen LogP contribution in [0.15, 0.2) is 28.8 Å². The highest BCUT2D eigenvalue weighted by molar-refractivity contribution is 5.76. The molecule has 1 unspecified atom stereocenters. The summed E-state index contributed by atoms with van der Waals surface area (Å²) in [5.41, 5.74) is 6.68. The fourth-order valence-electron chi connectivity index (χ4n) is 2.99. The minimum absolute atomic E-state index is 0.0433. The summed E-state index contributed by atoms with van der Waals surface area (Å²) in [6.45, 7) is 4.22. The highest BCUT2D eigenvalue weighted by Crippen LogP contribution is 2.29. The second-order valence-electron chi connectivity index (χ2n) is 6.82. The van der Waals surface area contributed by atoms with Gasteiger partial charge in [0.25, 0.3) is 0 Å². The van der Waals surface area contributed by atoms with Crippen LogP contribution in [-0.4, -0.2) is 47.7 Å². The summed E-state index contributed by atoms with van der Waals surface area (Å²) >= 11 is 0. The summed E-state index contributed by atoms with van der Waals surface area (Å²) in [5.74, 6) is 1.87. The maximum atomic E-state index is 12.4. The molecule has 134 valence electrons. The third-order valence-electron chi connectivity index (χ3n) is 4.77. The van der Waals surface area contributed by atoms with E-state index in [0.717, 1.165) is 30.8 Å². The van der Waals surface area contributed by atoms with E-state index in [9.17, 15) is 4.79 Å². The van der Waals surface area contributed by atoms with Gasteiger partial charge in [-0.05, 0) is 42.6 Å². The van der Waals surface area contributed by atoms with E-state index < -0.39 is 0 Å². The van der Waals surface area contributed by atoms with Crippen LogP contribution >= 0.6 is 0 Å². The Balaban J connectivity index is 1.56. The zero-order valence-corrected chi connectivity index (χ0v) is 14.7. The van der Waals surface area contributed by atoms with Gasteiger partial charge in [0.15, 0.2) is 0 Å². The summed E-state index contributed by atoms with van der Waals surface area (Å²) < 4.78 is 10.4. The van der Waals surface area contributed by atoms with Gasteiger partial charge in [-0.1, -0.05) is 12.1 Å². The van der Waals surface area contributed by atoms with Crippen molar-refractivity contribution in [1.29, 1.82) is 0 Å². The number of carbonyl (C=O) groups excluding carboxylic acids is 1. The Kier molecular flexibility index (Phi) is 5.03. The van der Waals surface area contributed by atoms with E-state index >= 15 is 0 Å². The summed E-state index contributed by atoms with van der Waals surface area (Å²) in [6.07, 6.45) is 1.76. The number of carbonyl (C=O) groups is 1. The van der Waals surface area contributed by atoms with E-state index in [1.165, 1.54) is 0 Å². The van der Waals surface area contributed by atoms with Crippen molar-refractivity contribution in [3.8, 4) is 17.1 Å². The van der Waals surface area contributed by atoms with Crippen LogP contribution in [0.2, 0.25) is 0 Å². The SMILES string of the molecule is COc1ccc(-c2noc(CCC(=O)N3CCC(C)(CN)C3)n2)cc1. The van der Waals surface area contributed by atoms with E-state index in [1.54, 1.807) is 7.11 Å². The van der Waals surface area contributed by atoms with E-state index in [-0.39, 0.29) is 11.3 Å². The predicted molar refractivity (Wildman–Crippen MR) is 93.0 cm³/mol. The van der Waals surface area contributed by atoms with Gasteiger partial charge < -0.3 is 19.9 Å². The Morgan fingerprint density at radius 2 is 2.16 bits per heavy atom. The molecule has 7 nitrogen and oxygen atoms in total. The number of hydrogen-bond donors (Lipinski definition) is 1. The summed E-state index contributed by atoms with van der Waals surface area (Å²) in [4.78, 5) is 18.6. The molecule has 1 aliphatic rings. The number of nitrogens with zero attached hydrogens (tertiary/aromatic N) is 3. The van der Waals surface area contributed by atoms with Crippen molar-refractivity contribution in [3.05, 3.63) is 30.2 Å². The maximum Gasteiger partial charge on any atom is 0.227 e. The van der Waals surface area contributed by atoms with Crippen molar-refractivity contribution < 1.29 is 14.1 Å². The Morgan fingerprint density at radius 1 is 1.40 bits per heavy atom. The van der Waals surface area contributed by atoms with Crippen molar-refractivity contribution in [1.82, 2.24) is 15.0 Å². The average Bonchev–Trinajstić information content (AvgIpc) is 3.27. The quantitative estimate of drug-likeness (QED) is 0.860. The molecule has 0 aliphatic carbocycles. The monoisotopic (exact) mass is 344 g/mol. The number of methoxy groups -OCH3 is 1. The molecule has 1 fully saturated rings. The maximum absolute atomic E-state index is 12.4. The van der Waals surface area contributed by atoms with Crippen LogP contribution in [0.1, 0.15) is 25.7 Å². The molecule has 7 heteroatoms. The number of aryl methyl sites for hydroxylation is 1.